The summed E-state index contributed by atoms with van der Waals surface area (Å²) in [6, 6.07) is 0. The Morgan fingerprint density at radius 3 is 0.816 bits per heavy atom. The average Bonchev–Trinajstić information content (AvgIpc) is 0.985. The van der Waals surface area contributed by atoms with Crippen LogP contribution in [0.5, 0.6) is 0 Å². The highest BCUT2D eigenvalue weighted by Crippen LogP contribution is 2.45. The van der Waals surface area contributed by atoms with E-state index in [1.54, 1.807) is 0 Å². The zero-order chi connectivity index (χ0) is 71.8. The molecular formula is C79H138O17P2. The van der Waals surface area contributed by atoms with E-state index in [9.17, 15) is 43.2 Å². The van der Waals surface area contributed by atoms with E-state index in [2.05, 4.69) is 125 Å². The van der Waals surface area contributed by atoms with Gasteiger partial charge in [-0.15, -0.1) is 0 Å². The molecule has 98 heavy (non-hydrogen) atoms. The van der Waals surface area contributed by atoms with Gasteiger partial charge < -0.3 is 33.8 Å². The molecule has 0 aliphatic carbocycles. The van der Waals surface area contributed by atoms with E-state index in [0.29, 0.717) is 25.7 Å². The Labute approximate surface area is 595 Å². The largest absolute Gasteiger partial charge is 0.472 e. The van der Waals surface area contributed by atoms with Gasteiger partial charge in [0.2, 0.25) is 0 Å². The molecule has 0 amide bonds. The fraction of sp³-hybridized carbons (Fsp3) is 0.747. The molecule has 0 radical (unpaired) electrons. The first kappa shape index (κ1) is 94.0. The van der Waals surface area contributed by atoms with Crippen molar-refractivity contribution in [1.29, 1.82) is 0 Å². The molecule has 0 saturated carbocycles. The van der Waals surface area contributed by atoms with Crippen molar-refractivity contribution in [2.45, 2.75) is 341 Å². The van der Waals surface area contributed by atoms with Crippen LogP contribution in [0.15, 0.2) is 97.2 Å². The van der Waals surface area contributed by atoms with Crippen LogP contribution in [0, 0.1) is 0 Å². The van der Waals surface area contributed by atoms with Gasteiger partial charge in [-0.1, -0.05) is 292 Å². The summed E-state index contributed by atoms with van der Waals surface area (Å²) in [5.74, 6) is -2.21. The summed E-state index contributed by atoms with van der Waals surface area (Å²) < 4.78 is 68.4. The number of unbranched alkanes of at least 4 members (excludes halogenated alkanes) is 30. The van der Waals surface area contributed by atoms with Crippen LogP contribution < -0.4 is 0 Å². The molecule has 0 aromatic heterocycles. The number of aliphatic hydroxyl groups excluding tert-OH is 1. The monoisotopic (exact) mass is 1420 g/mol. The van der Waals surface area contributed by atoms with Gasteiger partial charge in [0, 0.05) is 25.7 Å². The van der Waals surface area contributed by atoms with Crippen molar-refractivity contribution >= 4 is 39.5 Å². The van der Waals surface area contributed by atoms with Crippen LogP contribution in [-0.2, 0) is 65.4 Å². The normalized spacial score (nSPS) is 14.5. The van der Waals surface area contributed by atoms with Gasteiger partial charge in [0.25, 0.3) is 0 Å². The Bertz CT molecular complexity index is 2240. The van der Waals surface area contributed by atoms with Crippen molar-refractivity contribution in [2.75, 3.05) is 39.6 Å². The van der Waals surface area contributed by atoms with Crippen molar-refractivity contribution in [2.24, 2.45) is 0 Å². The van der Waals surface area contributed by atoms with Gasteiger partial charge in [0.1, 0.15) is 19.3 Å². The van der Waals surface area contributed by atoms with Crippen LogP contribution in [0.25, 0.3) is 0 Å². The van der Waals surface area contributed by atoms with Gasteiger partial charge >= 0.3 is 39.5 Å². The molecule has 5 atom stereocenters. The predicted octanol–water partition coefficient (Wildman–Crippen LogP) is 22.0. The Hall–Kier alpha value is -4.02. The molecule has 0 heterocycles. The Kier molecular flexibility index (Phi) is 68.4. The van der Waals surface area contributed by atoms with E-state index < -0.39 is 97.5 Å². The molecule has 0 aromatic carbocycles. The fourth-order valence-electron chi connectivity index (χ4n) is 10.3. The molecule has 0 bridgehead atoms. The molecule has 19 heteroatoms. The maximum absolute atomic E-state index is 13.1. The molecule has 17 nitrogen and oxygen atoms in total. The SMILES string of the molecule is CC/C=C\C/C=C\C/C=C\C/C=C\CCCCCCC(=O)OCC(COP(=O)(O)OCC(O)COP(=O)(O)OCC(COC(=O)CCCCCC/C=C\C/C=C\C/C=C\C/C=C\CC)OC(=O)CCCCCCCCCCCCCCC)OC(=O)CCCCCCCCCCCCC. The van der Waals surface area contributed by atoms with Crippen molar-refractivity contribution in [3.63, 3.8) is 0 Å². The molecular weight excluding hydrogens is 1280 g/mol. The number of hydrogen-bond acceptors (Lipinski definition) is 15. The van der Waals surface area contributed by atoms with E-state index in [1.807, 2.05) is 0 Å². The first-order chi connectivity index (χ1) is 47.7. The minimum atomic E-state index is -4.98. The zero-order valence-corrected chi connectivity index (χ0v) is 63.5. The van der Waals surface area contributed by atoms with Crippen molar-refractivity contribution in [3.05, 3.63) is 97.2 Å². The van der Waals surface area contributed by atoms with Crippen molar-refractivity contribution in [1.82, 2.24) is 0 Å². The molecule has 0 fully saturated rings. The van der Waals surface area contributed by atoms with Gasteiger partial charge in [-0.05, 0) is 103 Å². The molecule has 5 unspecified atom stereocenters. The smallest absolute Gasteiger partial charge is 0.462 e. The third-order valence-electron chi connectivity index (χ3n) is 16.1. The summed E-state index contributed by atoms with van der Waals surface area (Å²) in [5, 5.41) is 10.6. The number of esters is 4. The summed E-state index contributed by atoms with van der Waals surface area (Å²) in [7, 11) is -9.95. The minimum Gasteiger partial charge on any atom is -0.462 e. The lowest BCUT2D eigenvalue weighted by Crippen LogP contribution is -2.30. The van der Waals surface area contributed by atoms with E-state index in [4.69, 9.17) is 37.0 Å². The van der Waals surface area contributed by atoms with Crippen molar-refractivity contribution < 1.29 is 80.2 Å². The number of allylic oxidation sites excluding steroid dienone is 16. The highest BCUT2D eigenvalue weighted by Gasteiger charge is 2.30. The van der Waals surface area contributed by atoms with Crippen LogP contribution >= 0.6 is 15.6 Å². The van der Waals surface area contributed by atoms with Gasteiger partial charge in [-0.2, -0.15) is 0 Å². The van der Waals surface area contributed by atoms with Crippen LogP contribution in [0.3, 0.4) is 0 Å². The fourth-order valence-corrected chi connectivity index (χ4v) is 11.8. The molecule has 0 spiro atoms. The average molecular weight is 1420 g/mol. The molecule has 0 aliphatic rings. The Morgan fingerprint density at radius 1 is 0.296 bits per heavy atom. The van der Waals surface area contributed by atoms with Gasteiger partial charge in [0.05, 0.1) is 26.4 Å². The maximum Gasteiger partial charge on any atom is 0.472 e. The third kappa shape index (κ3) is 70.4. The molecule has 3 N–H and O–H groups in total. The second-order valence-corrected chi connectivity index (χ2v) is 28.5. The molecule has 566 valence electrons. The number of rotatable bonds is 72. The van der Waals surface area contributed by atoms with Crippen LogP contribution in [0.2, 0.25) is 0 Å². The second-order valence-electron chi connectivity index (χ2n) is 25.5. The predicted molar refractivity (Wildman–Crippen MR) is 399 cm³/mol. The highest BCUT2D eigenvalue weighted by atomic mass is 31.2. The quantitative estimate of drug-likeness (QED) is 0.0169. The summed E-state index contributed by atoms with van der Waals surface area (Å²) in [6.45, 7) is 4.61. The minimum absolute atomic E-state index is 0.0916. The second kappa shape index (κ2) is 71.4. The number of aliphatic hydroxyl groups is 1. The number of hydrogen-bond donors (Lipinski definition) is 3. The van der Waals surface area contributed by atoms with Gasteiger partial charge in [-0.25, -0.2) is 9.13 Å². The lowest BCUT2D eigenvalue weighted by atomic mass is 10.0. The summed E-state index contributed by atoms with van der Waals surface area (Å²) >= 11 is 0. The van der Waals surface area contributed by atoms with Crippen LogP contribution in [-0.4, -0.2) is 96.7 Å². The molecule has 0 aromatic rings. The van der Waals surface area contributed by atoms with E-state index in [0.717, 1.165) is 154 Å². The third-order valence-corrected chi connectivity index (χ3v) is 18.0. The number of phosphoric acid groups is 2. The Balaban J connectivity index is 5.33. The van der Waals surface area contributed by atoms with E-state index >= 15 is 0 Å². The lowest BCUT2D eigenvalue weighted by Gasteiger charge is -2.21. The first-order valence-corrected chi connectivity index (χ1v) is 41.5. The van der Waals surface area contributed by atoms with Crippen LogP contribution in [0.4, 0.5) is 0 Å². The summed E-state index contributed by atoms with van der Waals surface area (Å²) in [5.41, 5.74) is 0. The standard InChI is InChI=1S/C79H138O17P2/c1-5-9-13-17-21-25-29-32-34-36-38-41-44-47-51-55-59-63-76(81)89-69-74(95-78(83)65-61-57-53-49-43-28-24-20-16-12-8-4)71-93-97(85,86)91-67-73(80)68-92-98(87,88)94-72-75(96-79(84)66-62-58-54-50-46-40-31-27-23-19-15-11-7-3)70-90-77(82)64-60-56-52-48-45-42-39-37-35-33-30-26-22-18-14-10-6-2/h9-10,13-14,21-22,25-26,32-35,38-39,41-42,73-75,80H,5-8,11-12,15-20,23-24,27-31,36-37,40,43-72H2,1-4H3,(H,85,86)(H,87,88)/b13-9-,14-10-,25-21-,26-22-,34-32-,35-33-,41-38-,42-39-. The number of ether oxygens (including phenoxy) is 4. The Morgan fingerprint density at radius 2 is 0.531 bits per heavy atom. The van der Waals surface area contributed by atoms with Gasteiger partial charge in [0.15, 0.2) is 12.2 Å². The number of phosphoric ester groups is 2. The molecule has 0 aliphatic heterocycles. The topological polar surface area (TPSA) is 237 Å². The van der Waals surface area contributed by atoms with Gasteiger partial charge in [-0.3, -0.25) is 37.3 Å². The van der Waals surface area contributed by atoms with Crippen molar-refractivity contribution in [3.8, 4) is 0 Å². The lowest BCUT2D eigenvalue weighted by molar-refractivity contribution is -0.161. The molecule has 0 rings (SSSR count). The van der Waals surface area contributed by atoms with E-state index in [1.165, 1.54) is 89.9 Å². The zero-order valence-electron chi connectivity index (χ0n) is 61.7. The number of carbonyl (C=O) groups is 4. The highest BCUT2D eigenvalue weighted by molar-refractivity contribution is 7.47. The van der Waals surface area contributed by atoms with Crippen LogP contribution in [0.1, 0.15) is 323 Å². The molecule has 0 saturated heterocycles. The maximum atomic E-state index is 13.1. The number of carbonyl (C=O) groups excluding carboxylic acids is 4. The summed E-state index contributed by atoms with van der Waals surface area (Å²) in [6.07, 6.45) is 74.0. The first-order valence-electron chi connectivity index (χ1n) is 38.5. The van der Waals surface area contributed by atoms with E-state index in [-0.39, 0.29) is 25.7 Å². The summed E-state index contributed by atoms with van der Waals surface area (Å²) in [4.78, 5) is 72.8.